The van der Waals surface area contributed by atoms with Crippen LogP contribution in [0.25, 0.3) is 10.8 Å². The molecule has 4 nitrogen and oxygen atoms in total. The van der Waals surface area contributed by atoms with E-state index in [0.29, 0.717) is 12.0 Å². The van der Waals surface area contributed by atoms with E-state index in [1.807, 2.05) is 71.6 Å². The Morgan fingerprint density at radius 2 is 1.76 bits per heavy atom. The molecule has 0 radical (unpaired) electrons. The first kappa shape index (κ1) is 18.8. The quantitative estimate of drug-likeness (QED) is 0.692. The largest absolute Gasteiger partial charge is 0.341 e. The van der Waals surface area contributed by atoms with E-state index in [1.165, 1.54) is 0 Å². The minimum Gasteiger partial charge on any atom is -0.341 e. The van der Waals surface area contributed by atoms with Gasteiger partial charge in [-0.2, -0.15) is 0 Å². The monoisotopic (exact) mass is 382 g/mol. The number of nitrogens with zero attached hydrogens (tertiary/aromatic N) is 1. The molecule has 1 fully saturated rings. The van der Waals surface area contributed by atoms with Gasteiger partial charge in [0.2, 0.25) is 5.91 Å². The molecule has 144 valence electrons. The molecule has 0 spiro atoms. The molecule has 1 saturated heterocycles. The molecular weight excluding hydrogens is 360 g/mol. The van der Waals surface area contributed by atoms with Crippen LogP contribution < -0.4 is 10.2 Å². The number of amides is 2. The van der Waals surface area contributed by atoms with Gasteiger partial charge in [0.15, 0.2) is 0 Å². The van der Waals surface area contributed by atoms with E-state index in [0.717, 1.165) is 41.4 Å². The number of rotatable bonds is 3. The van der Waals surface area contributed by atoms with Crippen LogP contribution in [0.5, 0.6) is 0 Å². The molecule has 0 saturated carbocycles. The SMILES string of the molecule is O=C(NCC#Cc1ccc(N2CCCCC2=O)cc1)c1cccc2ccccc12. The topological polar surface area (TPSA) is 49.4 Å². The van der Waals surface area contributed by atoms with Crippen molar-refractivity contribution in [1.29, 1.82) is 0 Å². The van der Waals surface area contributed by atoms with E-state index < -0.39 is 0 Å². The molecule has 0 atom stereocenters. The first-order chi connectivity index (χ1) is 14.2. The fourth-order valence-corrected chi connectivity index (χ4v) is 3.59. The molecule has 4 rings (SSSR count). The highest BCUT2D eigenvalue weighted by atomic mass is 16.2. The number of hydrogen-bond donors (Lipinski definition) is 1. The third-order valence-electron chi connectivity index (χ3n) is 5.11. The Labute approximate surface area is 170 Å². The average Bonchev–Trinajstić information content (AvgIpc) is 2.77. The number of hydrogen-bond acceptors (Lipinski definition) is 2. The maximum absolute atomic E-state index is 12.5. The number of piperidine rings is 1. The third-order valence-corrected chi connectivity index (χ3v) is 5.11. The lowest BCUT2D eigenvalue weighted by Gasteiger charge is -2.26. The summed E-state index contributed by atoms with van der Waals surface area (Å²) in [4.78, 5) is 26.4. The Morgan fingerprint density at radius 3 is 2.59 bits per heavy atom. The minimum absolute atomic E-state index is 0.130. The predicted molar refractivity (Wildman–Crippen MR) is 116 cm³/mol. The molecule has 0 aliphatic carbocycles. The molecule has 1 aliphatic rings. The summed E-state index contributed by atoms with van der Waals surface area (Å²) in [5.74, 6) is 6.11. The van der Waals surface area contributed by atoms with Gasteiger partial charge in [0.1, 0.15) is 0 Å². The molecule has 1 N–H and O–H groups in total. The van der Waals surface area contributed by atoms with Crippen molar-refractivity contribution in [1.82, 2.24) is 5.32 Å². The second-order valence-corrected chi connectivity index (χ2v) is 7.06. The lowest BCUT2D eigenvalue weighted by molar-refractivity contribution is -0.119. The Morgan fingerprint density at radius 1 is 0.966 bits per heavy atom. The highest BCUT2D eigenvalue weighted by Crippen LogP contribution is 2.21. The van der Waals surface area contributed by atoms with Gasteiger partial charge in [-0.1, -0.05) is 48.2 Å². The lowest BCUT2D eigenvalue weighted by Crippen LogP contribution is -2.35. The van der Waals surface area contributed by atoms with E-state index in [1.54, 1.807) is 0 Å². The van der Waals surface area contributed by atoms with Gasteiger partial charge in [-0.05, 0) is 53.9 Å². The van der Waals surface area contributed by atoms with E-state index in [4.69, 9.17) is 0 Å². The van der Waals surface area contributed by atoms with E-state index in [-0.39, 0.29) is 18.4 Å². The summed E-state index contributed by atoms with van der Waals surface area (Å²) >= 11 is 0. The zero-order chi connectivity index (χ0) is 20.1. The van der Waals surface area contributed by atoms with Crippen molar-refractivity contribution in [2.24, 2.45) is 0 Å². The molecular formula is C25H22N2O2. The van der Waals surface area contributed by atoms with Crippen molar-refractivity contribution in [3.05, 3.63) is 77.9 Å². The summed E-state index contributed by atoms with van der Waals surface area (Å²) < 4.78 is 0. The molecule has 0 bridgehead atoms. The summed E-state index contributed by atoms with van der Waals surface area (Å²) in [6, 6.07) is 21.2. The van der Waals surface area contributed by atoms with Crippen LogP contribution in [0, 0.1) is 11.8 Å². The van der Waals surface area contributed by atoms with Gasteiger partial charge in [0, 0.05) is 29.8 Å². The zero-order valence-corrected chi connectivity index (χ0v) is 16.2. The normalized spacial score (nSPS) is 13.7. The van der Waals surface area contributed by atoms with Crippen molar-refractivity contribution >= 4 is 28.3 Å². The molecule has 0 unspecified atom stereocenters. The number of benzene rings is 3. The van der Waals surface area contributed by atoms with Gasteiger partial charge < -0.3 is 10.2 Å². The molecule has 29 heavy (non-hydrogen) atoms. The molecule has 2 amide bonds. The summed E-state index contributed by atoms with van der Waals surface area (Å²) in [6.45, 7) is 1.05. The van der Waals surface area contributed by atoms with Crippen LogP contribution in [-0.2, 0) is 4.79 Å². The highest BCUT2D eigenvalue weighted by molar-refractivity contribution is 6.07. The number of nitrogens with one attached hydrogen (secondary N) is 1. The third kappa shape index (κ3) is 4.30. The van der Waals surface area contributed by atoms with Gasteiger partial charge in [0.05, 0.1) is 6.54 Å². The maximum atomic E-state index is 12.5. The first-order valence-electron chi connectivity index (χ1n) is 9.88. The van der Waals surface area contributed by atoms with Crippen LogP contribution in [0.15, 0.2) is 66.7 Å². The average molecular weight is 382 g/mol. The van der Waals surface area contributed by atoms with Gasteiger partial charge in [-0.25, -0.2) is 0 Å². The van der Waals surface area contributed by atoms with Crippen LogP contribution >= 0.6 is 0 Å². The van der Waals surface area contributed by atoms with Crippen molar-refractivity contribution in [2.75, 3.05) is 18.0 Å². The zero-order valence-electron chi connectivity index (χ0n) is 16.2. The molecule has 1 heterocycles. The van der Waals surface area contributed by atoms with Gasteiger partial charge in [-0.3, -0.25) is 9.59 Å². The highest BCUT2D eigenvalue weighted by Gasteiger charge is 2.19. The Kier molecular flexibility index (Phi) is 5.58. The van der Waals surface area contributed by atoms with Gasteiger partial charge >= 0.3 is 0 Å². The Balaban J connectivity index is 1.37. The smallest absolute Gasteiger partial charge is 0.252 e. The summed E-state index contributed by atoms with van der Waals surface area (Å²) in [6.07, 6.45) is 2.64. The second kappa shape index (κ2) is 8.62. The first-order valence-corrected chi connectivity index (χ1v) is 9.88. The van der Waals surface area contributed by atoms with E-state index >= 15 is 0 Å². The molecule has 4 heteroatoms. The number of anilines is 1. The van der Waals surface area contributed by atoms with Crippen LogP contribution in [-0.4, -0.2) is 24.9 Å². The number of fused-ring (bicyclic) bond motifs is 1. The molecule has 1 aliphatic heterocycles. The molecule has 0 aromatic heterocycles. The van der Waals surface area contributed by atoms with Crippen LogP contribution in [0.2, 0.25) is 0 Å². The molecule has 3 aromatic carbocycles. The van der Waals surface area contributed by atoms with E-state index in [9.17, 15) is 9.59 Å². The predicted octanol–water partition coefficient (Wildman–Crippen LogP) is 4.14. The van der Waals surface area contributed by atoms with E-state index in [2.05, 4.69) is 17.2 Å². The second-order valence-electron chi connectivity index (χ2n) is 7.06. The fraction of sp³-hybridized carbons (Fsp3) is 0.200. The van der Waals surface area contributed by atoms with Crippen molar-refractivity contribution in [2.45, 2.75) is 19.3 Å². The van der Waals surface area contributed by atoms with Crippen molar-refractivity contribution in [3.63, 3.8) is 0 Å². The Hall–Kier alpha value is -3.58. The summed E-state index contributed by atoms with van der Waals surface area (Å²) in [7, 11) is 0. The summed E-state index contributed by atoms with van der Waals surface area (Å²) in [5.41, 5.74) is 2.43. The van der Waals surface area contributed by atoms with Crippen LogP contribution in [0.4, 0.5) is 5.69 Å². The number of carbonyl (C=O) groups is 2. The van der Waals surface area contributed by atoms with Gasteiger partial charge in [-0.15, -0.1) is 0 Å². The maximum Gasteiger partial charge on any atom is 0.252 e. The van der Waals surface area contributed by atoms with Crippen LogP contribution in [0.1, 0.15) is 35.2 Å². The van der Waals surface area contributed by atoms with Crippen LogP contribution in [0.3, 0.4) is 0 Å². The van der Waals surface area contributed by atoms with Gasteiger partial charge in [0.25, 0.3) is 5.91 Å². The Bertz CT molecular complexity index is 1100. The molecule has 3 aromatic rings. The lowest BCUT2D eigenvalue weighted by atomic mass is 10.0. The standard InChI is InChI=1S/C25H22N2O2/c28-24-12-3-4-18-27(24)21-15-13-19(14-16-21)7-6-17-26-25(29)23-11-5-9-20-8-1-2-10-22(20)23/h1-2,5,8-11,13-16H,3-4,12,17-18H2,(H,26,29). The fourth-order valence-electron chi connectivity index (χ4n) is 3.59. The minimum atomic E-state index is -0.130. The van der Waals surface area contributed by atoms with Crippen molar-refractivity contribution < 1.29 is 9.59 Å². The summed E-state index contributed by atoms with van der Waals surface area (Å²) in [5, 5.41) is 4.84. The number of carbonyl (C=O) groups excluding carboxylic acids is 2. The van der Waals surface area contributed by atoms with Crippen molar-refractivity contribution in [3.8, 4) is 11.8 Å².